The summed E-state index contributed by atoms with van der Waals surface area (Å²) < 4.78 is 0. The third-order valence-electron chi connectivity index (χ3n) is 4.49. The number of hydrogen-bond acceptors (Lipinski definition) is 1. The number of nitrogens with zero attached hydrogens (tertiary/aromatic N) is 1. The monoisotopic (exact) mass is 201 g/mol. The molecule has 1 heterocycles. The van der Waals surface area contributed by atoms with Crippen molar-refractivity contribution in [2.45, 2.75) is 25.7 Å². The minimum Gasteiger partial charge on any atom is -0.305 e. The molecule has 1 aliphatic heterocycles. The maximum atomic E-state index is 2.48. The molecule has 0 radical (unpaired) electrons. The normalized spacial score (nSPS) is 39.1. The zero-order valence-corrected chi connectivity index (χ0v) is 9.88. The second-order valence-corrected chi connectivity index (χ2v) is 5.86. The van der Waals surface area contributed by atoms with Crippen LogP contribution in [0.3, 0.4) is 0 Å². The third kappa shape index (κ3) is 1.13. The molecule has 3 rings (SSSR count). The van der Waals surface area contributed by atoms with Crippen molar-refractivity contribution in [1.82, 2.24) is 4.90 Å². The predicted molar refractivity (Wildman–Crippen MR) is 63.1 cm³/mol. The Kier molecular flexibility index (Phi) is 1.66. The van der Waals surface area contributed by atoms with Crippen molar-refractivity contribution in [2.24, 2.45) is 5.41 Å². The molecule has 80 valence electrons. The first-order valence-electron chi connectivity index (χ1n) is 5.82. The molecule has 2 atom stereocenters. The van der Waals surface area contributed by atoms with Gasteiger partial charge in [0.25, 0.3) is 0 Å². The first-order chi connectivity index (χ1) is 7.06. The summed E-state index contributed by atoms with van der Waals surface area (Å²) >= 11 is 0. The standard InChI is InChI=1S/C14H19N/c1-11-4-6-12(7-5-11)14-8-13(14,2)9-15(3)10-14/h4-7H,8-10H2,1-3H3. The fourth-order valence-corrected chi connectivity index (χ4v) is 3.60. The molecule has 2 aliphatic rings. The Balaban J connectivity index is 1.99. The van der Waals surface area contributed by atoms with Gasteiger partial charge in [-0.15, -0.1) is 0 Å². The van der Waals surface area contributed by atoms with E-state index >= 15 is 0 Å². The summed E-state index contributed by atoms with van der Waals surface area (Å²) in [4.78, 5) is 2.48. The fourth-order valence-electron chi connectivity index (χ4n) is 3.60. The van der Waals surface area contributed by atoms with Crippen LogP contribution < -0.4 is 0 Å². The summed E-state index contributed by atoms with van der Waals surface area (Å²) in [6.07, 6.45) is 1.38. The maximum Gasteiger partial charge on any atom is 0.0152 e. The highest BCUT2D eigenvalue weighted by molar-refractivity contribution is 5.42. The van der Waals surface area contributed by atoms with Gasteiger partial charge < -0.3 is 4.90 Å². The number of likely N-dealkylation sites (N-methyl/N-ethyl adjacent to an activating group) is 1. The van der Waals surface area contributed by atoms with Gasteiger partial charge in [-0.05, 0) is 31.4 Å². The zero-order valence-electron chi connectivity index (χ0n) is 9.88. The summed E-state index contributed by atoms with van der Waals surface area (Å²) in [5.41, 5.74) is 3.95. The number of rotatable bonds is 1. The fraction of sp³-hybridized carbons (Fsp3) is 0.571. The van der Waals surface area contributed by atoms with Crippen LogP contribution in [-0.4, -0.2) is 25.0 Å². The molecule has 15 heavy (non-hydrogen) atoms. The molecule has 0 amide bonds. The Morgan fingerprint density at radius 2 is 1.80 bits per heavy atom. The average molecular weight is 201 g/mol. The Bertz CT molecular complexity index is 394. The van der Waals surface area contributed by atoms with Crippen molar-refractivity contribution in [3.05, 3.63) is 35.4 Å². The molecule has 0 aromatic heterocycles. The van der Waals surface area contributed by atoms with E-state index in [1.165, 1.54) is 25.1 Å². The summed E-state index contributed by atoms with van der Waals surface area (Å²) in [6.45, 7) is 7.11. The van der Waals surface area contributed by atoms with E-state index in [0.717, 1.165) is 0 Å². The van der Waals surface area contributed by atoms with Crippen LogP contribution in [0.2, 0.25) is 0 Å². The molecule has 2 fully saturated rings. The number of benzene rings is 1. The summed E-state index contributed by atoms with van der Waals surface area (Å²) in [6, 6.07) is 9.17. The van der Waals surface area contributed by atoms with Crippen molar-refractivity contribution in [1.29, 1.82) is 0 Å². The zero-order chi connectivity index (χ0) is 10.7. The molecule has 0 bridgehead atoms. The Labute approximate surface area is 92.1 Å². The van der Waals surface area contributed by atoms with E-state index in [1.807, 2.05) is 0 Å². The van der Waals surface area contributed by atoms with E-state index in [4.69, 9.17) is 0 Å². The van der Waals surface area contributed by atoms with Crippen LogP contribution in [0, 0.1) is 12.3 Å². The summed E-state index contributed by atoms with van der Waals surface area (Å²) in [7, 11) is 2.24. The molecule has 0 N–H and O–H groups in total. The van der Waals surface area contributed by atoms with Crippen LogP contribution in [0.5, 0.6) is 0 Å². The van der Waals surface area contributed by atoms with Crippen molar-refractivity contribution < 1.29 is 0 Å². The van der Waals surface area contributed by atoms with Gasteiger partial charge in [0.2, 0.25) is 0 Å². The second-order valence-electron chi connectivity index (χ2n) is 5.86. The molecular weight excluding hydrogens is 182 g/mol. The highest BCUT2D eigenvalue weighted by atomic mass is 15.2. The van der Waals surface area contributed by atoms with Gasteiger partial charge in [0.05, 0.1) is 0 Å². The van der Waals surface area contributed by atoms with Crippen molar-refractivity contribution in [3.63, 3.8) is 0 Å². The van der Waals surface area contributed by atoms with Crippen LogP contribution in [-0.2, 0) is 5.41 Å². The quantitative estimate of drug-likeness (QED) is 0.675. The van der Waals surface area contributed by atoms with E-state index < -0.39 is 0 Å². The molecule has 1 aliphatic carbocycles. The molecule has 1 aromatic carbocycles. The lowest BCUT2D eigenvalue weighted by atomic mass is 9.89. The van der Waals surface area contributed by atoms with E-state index in [-0.39, 0.29) is 0 Å². The van der Waals surface area contributed by atoms with E-state index in [2.05, 4.69) is 50.1 Å². The van der Waals surface area contributed by atoms with Crippen LogP contribution in [0.4, 0.5) is 0 Å². The van der Waals surface area contributed by atoms with Gasteiger partial charge in [-0.25, -0.2) is 0 Å². The number of likely N-dealkylation sites (tertiary alicyclic amines) is 1. The summed E-state index contributed by atoms with van der Waals surface area (Å²) in [5.74, 6) is 0. The molecule has 1 aromatic rings. The van der Waals surface area contributed by atoms with Gasteiger partial charge in [-0.1, -0.05) is 36.8 Å². The van der Waals surface area contributed by atoms with E-state index in [1.54, 1.807) is 5.56 Å². The van der Waals surface area contributed by atoms with E-state index in [0.29, 0.717) is 10.8 Å². The summed E-state index contributed by atoms with van der Waals surface area (Å²) in [5, 5.41) is 0. The van der Waals surface area contributed by atoms with Crippen molar-refractivity contribution in [3.8, 4) is 0 Å². The van der Waals surface area contributed by atoms with Gasteiger partial charge in [0, 0.05) is 18.5 Å². The second kappa shape index (κ2) is 2.65. The number of piperidine rings is 1. The molecule has 1 nitrogen and oxygen atoms in total. The van der Waals surface area contributed by atoms with Crippen LogP contribution in [0.1, 0.15) is 24.5 Å². The van der Waals surface area contributed by atoms with Gasteiger partial charge in [0.15, 0.2) is 0 Å². The minimum atomic E-state index is 0.482. The lowest BCUT2D eigenvalue weighted by molar-refractivity contribution is 0.343. The van der Waals surface area contributed by atoms with Crippen LogP contribution in [0.15, 0.2) is 24.3 Å². The Morgan fingerprint density at radius 1 is 1.13 bits per heavy atom. The van der Waals surface area contributed by atoms with Crippen LogP contribution in [0.25, 0.3) is 0 Å². The maximum absolute atomic E-state index is 2.48. The molecule has 2 unspecified atom stereocenters. The predicted octanol–water partition coefficient (Wildman–Crippen LogP) is 2.59. The molecular formula is C14H19N. The van der Waals surface area contributed by atoms with Crippen LogP contribution >= 0.6 is 0 Å². The van der Waals surface area contributed by atoms with E-state index in [9.17, 15) is 0 Å². The largest absolute Gasteiger partial charge is 0.305 e. The van der Waals surface area contributed by atoms with Crippen molar-refractivity contribution >= 4 is 0 Å². The number of fused-ring (bicyclic) bond motifs is 1. The smallest absolute Gasteiger partial charge is 0.0152 e. The average Bonchev–Trinajstić information content (AvgIpc) is 2.62. The molecule has 1 saturated carbocycles. The van der Waals surface area contributed by atoms with Gasteiger partial charge in [-0.2, -0.15) is 0 Å². The Hall–Kier alpha value is -0.820. The lowest BCUT2D eigenvalue weighted by Crippen LogP contribution is -2.22. The minimum absolute atomic E-state index is 0.482. The third-order valence-corrected chi connectivity index (χ3v) is 4.49. The Morgan fingerprint density at radius 3 is 2.33 bits per heavy atom. The highest BCUT2D eigenvalue weighted by Gasteiger charge is 2.68. The number of hydrogen-bond donors (Lipinski definition) is 0. The lowest BCUT2D eigenvalue weighted by Gasteiger charge is -2.16. The molecule has 1 saturated heterocycles. The first kappa shape index (κ1) is 9.41. The highest BCUT2D eigenvalue weighted by Crippen LogP contribution is 2.68. The van der Waals surface area contributed by atoms with Gasteiger partial charge in [0.1, 0.15) is 0 Å². The van der Waals surface area contributed by atoms with Gasteiger partial charge in [-0.3, -0.25) is 0 Å². The molecule has 0 spiro atoms. The SMILES string of the molecule is Cc1ccc(C23CN(C)CC2(C)C3)cc1. The van der Waals surface area contributed by atoms with Gasteiger partial charge >= 0.3 is 0 Å². The first-order valence-corrected chi connectivity index (χ1v) is 5.82. The topological polar surface area (TPSA) is 3.24 Å². The molecule has 1 heteroatoms. The van der Waals surface area contributed by atoms with Crippen molar-refractivity contribution in [2.75, 3.05) is 20.1 Å². The number of aryl methyl sites for hydroxylation is 1.